The van der Waals surface area contributed by atoms with Crippen LogP contribution in [-0.4, -0.2) is 46.6 Å². The molecule has 2 rings (SSSR count). The van der Waals surface area contributed by atoms with E-state index < -0.39 is 18.2 Å². The van der Waals surface area contributed by atoms with Crippen molar-refractivity contribution in [3.8, 4) is 0 Å². The van der Waals surface area contributed by atoms with Crippen LogP contribution in [0, 0.1) is 6.92 Å². The van der Waals surface area contributed by atoms with Gasteiger partial charge in [-0.25, -0.2) is 4.79 Å². The third-order valence-corrected chi connectivity index (χ3v) is 2.98. The number of hydrogen-bond acceptors (Lipinski definition) is 4. The summed E-state index contributed by atoms with van der Waals surface area (Å²) in [4.78, 5) is 12.8. The zero-order valence-electron chi connectivity index (χ0n) is 9.50. The van der Waals surface area contributed by atoms with E-state index in [0.717, 1.165) is 5.56 Å². The molecule has 0 radical (unpaired) electrons. The summed E-state index contributed by atoms with van der Waals surface area (Å²) in [5, 5.41) is 28.1. The Morgan fingerprint density at radius 1 is 1.29 bits per heavy atom. The number of aliphatic hydroxyl groups is 2. The van der Waals surface area contributed by atoms with Gasteiger partial charge in [0.2, 0.25) is 0 Å². The molecule has 92 valence electrons. The van der Waals surface area contributed by atoms with Gasteiger partial charge in [-0.2, -0.15) is 0 Å². The van der Waals surface area contributed by atoms with Crippen LogP contribution in [-0.2, 0) is 0 Å². The van der Waals surface area contributed by atoms with Crippen molar-refractivity contribution in [2.45, 2.75) is 19.1 Å². The smallest absolute Gasteiger partial charge is 0.337 e. The van der Waals surface area contributed by atoms with Crippen molar-refractivity contribution in [3.63, 3.8) is 0 Å². The summed E-state index contributed by atoms with van der Waals surface area (Å²) >= 11 is 0. The van der Waals surface area contributed by atoms with Crippen LogP contribution in [0.5, 0.6) is 0 Å². The molecule has 1 aliphatic rings. The van der Waals surface area contributed by atoms with Gasteiger partial charge in [-0.15, -0.1) is 0 Å². The monoisotopic (exact) mass is 237 g/mol. The molecule has 0 saturated carbocycles. The van der Waals surface area contributed by atoms with Crippen molar-refractivity contribution in [2.75, 3.05) is 18.0 Å². The molecule has 0 aromatic heterocycles. The van der Waals surface area contributed by atoms with Gasteiger partial charge in [-0.1, -0.05) is 11.6 Å². The van der Waals surface area contributed by atoms with E-state index in [9.17, 15) is 15.0 Å². The van der Waals surface area contributed by atoms with Crippen molar-refractivity contribution < 1.29 is 20.1 Å². The zero-order valence-corrected chi connectivity index (χ0v) is 9.50. The van der Waals surface area contributed by atoms with Crippen LogP contribution in [0.3, 0.4) is 0 Å². The Bertz CT molecular complexity index is 436. The summed E-state index contributed by atoms with van der Waals surface area (Å²) in [5.74, 6) is -1.00. The van der Waals surface area contributed by atoms with E-state index in [2.05, 4.69) is 0 Å². The fraction of sp³-hybridized carbons (Fsp3) is 0.417. The topological polar surface area (TPSA) is 81.0 Å². The van der Waals surface area contributed by atoms with Crippen LogP contribution in [0.4, 0.5) is 5.69 Å². The molecule has 1 aliphatic heterocycles. The van der Waals surface area contributed by atoms with E-state index in [4.69, 9.17) is 5.11 Å². The third-order valence-electron chi connectivity index (χ3n) is 2.98. The second-order valence-corrected chi connectivity index (χ2v) is 4.37. The lowest BCUT2D eigenvalue weighted by atomic mass is 10.1. The number of carboxylic acids is 1. The summed E-state index contributed by atoms with van der Waals surface area (Å²) in [5.41, 5.74) is 1.61. The van der Waals surface area contributed by atoms with Gasteiger partial charge in [0, 0.05) is 13.1 Å². The molecule has 0 amide bonds. The van der Waals surface area contributed by atoms with Crippen LogP contribution in [0.1, 0.15) is 15.9 Å². The van der Waals surface area contributed by atoms with Crippen LogP contribution in [0.2, 0.25) is 0 Å². The number of benzene rings is 1. The largest absolute Gasteiger partial charge is 0.478 e. The Morgan fingerprint density at radius 3 is 2.41 bits per heavy atom. The molecule has 1 fully saturated rings. The number of aliphatic hydroxyl groups excluding tert-OH is 2. The Hall–Kier alpha value is -1.59. The maximum absolute atomic E-state index is 11.1. The molecule has 0 spiro atoms. The van der Waals surface area contributed by atoms with Gasteiger partial charge < -0.3 is 20.2 Å². The standard InChI is InChI=1S/C12H15NO4/c1-7-2-3-9(8(4-7)12(16)17)13-5-10(14)11(15)6-13/h2-4,10-11,14-15H,5-6H2,1H3,(H,16,17). The first kappa shape index (κ1) is 11.9. The minimum Gasteiger partial charge on any atom is -0.478 e. The quantitative estimate of drug-likeness (QED) is 0.686. The minimum atomic E-state index is -1.00. The predicted octanol–water partition coefficient (Wildman–Crippen LogP) is 0.235. The number of hydrogen-bond donors (Lipinski definition) is 3. The second kappa shape index (κ2) is 4.35. The molecule has 0 aliphatic carbocycles. The van der Waals surface area contributed by atoms with E-state index in [1.807, 2.05) is 13.0 Å². The van der Waals surface area contributed by atoms with E-state index >= 15 is 0 Å². The molecular formula is C12H15NO4. The number of anilines is 1. The molecule has 5 nitrogen and oxygen atoms in total. The molecule has 5 heteroatoms. The first-order valence-corrected chi connectivity index (χ1v) is 5.44. The molecular weight excluding hydrogens is 222 g/mol. The van der Waals surface area contributed by atoms with E-state index in [1.54, 1.807) is 17.0 Å². The Labute approximate surface area is 98.9 Å². The number of carbonyl (C=O) groups is 1. The highest BCUT2D eigenvalue weighted by molar-refractivity contribution is 5.94. The average molecular weight is 237 g/mol. The van der Waals surface area contributed by atoms with Crippen molar-refractivity contribution in [2.24, 2.45) is 0 Å². The van der Waals surface area contributed by atoms with Crippen LogP contribution >= 0.6 is 0 Å². The number of aryl methyl sites for hydroxylation is 1. The molecule has 3 N–H and O–H groups in total. The molecule has 2 unspecified atom stereocenters. The zero-order chi connectivity index (χ0) is 12.6. The highest BCUT2D eigenvalue weighted by Gasteiger charge is 2.31. The lowest BCUT2D eigenvalue weighted by Gasteiger charge is -2.20. The molecule has 1 aromatic carbocycles. The Balaban J connectivity index is 2.36. The van der Waals surface area contributed by atoms with Gasteiger partial charge >= 0.3 is 5.97 Å². The second-order valence-electron chi connectivity index (χ2n) is 4.37. The van der Waals surface area contributed by atoms with E-state index in [1.165, 1.54) is 0 Å². The number of carboxylic acid groups (broad SMARTS) is 1. The van der Waals surface area contributed by atoms with Crippen molar-refractivity contribution >= 4 is 11.7 Å². The van der Waals surface area contributed by atoms with Crippen LogP contribution in [0.15, 0.2) is 18.2 Å². The van der Waals surface area contributed by atoms with Crippen molar-refractivity contribution in [3.05, 3.63) is 29.3 Å². The normalized spacial score (nSPS) is 24.1. The van der Waals surface area contributed by atoms with E-state index in [-0.39, 0.29) is 18.7 Å². The highest BCUT2D eigenvalue weighted by atomic mass is 16.4. The number of β-amino-alcohol motifs (C(OH)–C–C–N with tert-alkyl or cyclic N) is 2. The first-order valence-electron chi connectivity index (χ1n) is 5.44. The predicted molar refractivity (Wildman–Crippen MR) is 62.4 cm³/mol. The first-order chi connectivity index (χ1) is 7.99. The summed E-state index contributed by atoms with van der Waals surface area (Å²) < 4.78 is 0. The fourth-order valence-electron chi connectivity index (χ4n) is 2.06. The van der Waals surface area contributed by atoms with Gasteiger partial charge in [0.15, 0.2) is 0 Å². The Kier molecular flexibility index (Phi) is 3.04. The highest BCUT2D eigenvalue weighted by Crippen LogP contribution is 2.26. The Morgan fingerprint density at radius 2 is 1.88 bits per heavy atom. The lowest BCUT2D eigenvalue weighted by Crippen LogP contribution is -2.23. The van der Waals surface area contributed by atoms with Gasteiger partial charge in [0.25, 0.3) is 0 Å². The van der Waals surface area contributed by atoms with Crippen molar-refractivity contribution in [1.82, 2.24) is 0 Å². The molecule has 2 atom stereocenters. The number of aromatic carboxylic acids is 1. The summed E-state index contributed by atoms with van der Waals surface area (Å²) in [7, 11) is 0. The fourth-order valence-corrected chi connectivity index (χ4v) is 2.06. The average Bonchev–Trinajstić information content (AvgIpc) is 2.59. The molecule has 1 saturated heterocycles. The van der Waals surface area contributed by atoms with E-state index in [0.29, 0.717) is 5.69 Å². The van der Waals surface area contributed by atoms with Gasteiger partial charge in [0.05, 0.1) is 23.5 Å². The molecule has 1 aromatic rings. The van der Waals surface area contributed by atoms with Crippen LogP contribution < -0.4 is 4.90 Å². The third kappa shape index (κ3) is 2.25. The number of nitrogens with zero attached hydrogens (tertiary/aromatic N) is 1. The van der Waals surface area contributed by atoms with Crippen molar-refractivity contribution in [1.29, 1.82) is 0 Å². The molecule has 1 heterocycles. The van der Waals surface area contributed by atoms with Crippen LogP contribution in [0.25, 0.3) is 0 Å². The summed E-state index contributed by atoms with van der Waals surface area (Å²) in [6.45, 7) is 2.33. The van der Waals surface area contributed by atoms with Gasteiger partial charge in [-0.3, -0.25) is 0 Å². The maximum Gasteiger partial charge on any atom is 0.337 e. The van der Waals surface area contributed by atoms with Gasteiger partial charge in [-0.05, 0) is 19.1 Å². The summed E-state index contributed by atoms with van der Waals surface area (Å²) in [6, 6.07) is 5.12. The van der Waals surface area contributed by atoms with Gasteiger partial charge in [0.1, 0.15) is 0 Å². The number of rotatable bonds is 2. The summed E-state index contributed by atoms with van der Waals surface area (Å²) in [6.07, 6.45) is -1.64. The maximum atomic E-state index is 11.1. The molecule has 0 bridgehead atoms. The SMILES string of the molecule is Cc1ccc(N2CC(O)C(O)C2)c(C(=O)O)c1. The lowest BCUT2D eigenvalue weighted by molar-refractivity contribution is 0.0572. The minimum absolute atomic E-state index is 0.200. The molecule has 17 heavy (non-hydrogen) atoms.